The number of ether oxygens (including phenoxy) is 3. The molecule has 0 spiro atoms. The van der Waals surface area contributed by atoms with Crippen LogP contribution < -0.4 is 0 Å². The van der Waals surface area contributed by atoms with E-state index in [1.807, 2.05) is 41.5 Å². The van der Waals surface area contributed by atoms with Crippen LogP contribution >= 0.6 is 0 Å². The van der Waals surface area contributed by atoms with E-state index in [0.717, 1.165) is 5.57 Å². The maximum atomic E-state index is 5.95. The molecule has 0 aromatic heterocycles. The SMILES string of the molecule is CC(C)=CCOCC(OC(C)C)C(C)(C)OC=C(C)C. The second-order valence-electron chi connectivity index (χ2n) is 6.41. The molecule has 0 N–H and O–H groups in total. The summed E-state index contributed by atoms with van der Waals surface area (Å²) in [6.45, 7) is 17.4. The molecule has 0 saturated carbocycles. The second-order valence-corrected chi connectivity index (χ2v) is 6.41. The molecule has 20 heavy (non-hydrogen) atoms. The summed E-state index contributed by atoms with van der Waals surface area (Å²) in [5.74, 6) is 0. The van der Waals surface area contributed by atoms with Crippen molar-refractivity contribution in [1.29, 1.82) is 0 Å². The third-order valence-electron chi connectivity index (χ3n) is 2.69. The lowest BCUT2D eigenvalue weighted by Gasteiger charge is -2.34. The van der Waals surface area contributed by atoms with Gasteiger partial charge in [-0.15, -0.1) is 0 Å². The van der Waals surface area contributed by atoms with E-state index < -0.39 is 5.60 Å². The van der Waals surface area contributed by atoms with Crippen molar-refractivity contribution in [2.45, 2.75) is 73.2 Å². The van der Waals surface area contributed by atoms with Crippen LogP contribution in [0, 0.1) is 0 Å². The number of rotatable bonds is 9. The van der Waals surface area contributed by atoms with E-state index >= 15 is 0 Å². The van der Waals surface area contributed by atoms with E-state index in [4.69, 9.17) is 14.2 Å². The van der Waals surface area contributed by atoms with Crippen molar-refractivity contribution in [1.82, 2.24) is 0 Å². The molecule has 0 fully saturated rings. The topological polar surface area (TPSA) is 27.7 Å². The number of allylic oxidation sites excluding steroid dienone is 2. The molecule has 0 aliphatic rings. The fourth-order valence-electron chi connectivity index (χ4n) is 1.48. The highest BCUT2D eigenvalue weighted by Gasteiger charge is 2.32. The van der Waals surface area contributed by atoms with Crippen LogP contribution in [0.2, 0.25) is 0 Å². The van der Waals surface area contributed by atoms with Gasteiger partial charge in [0.05, 0.1) is 25.6 Å². The Hall–Kier alpha value is -0.800. The summed E-state index contributed by atoms with van der Waals surface area (Å²) in [4.78, 5) is 0. The molecular weight excluding hydrogens is 252 g/mol. The van der Waals surface area contributed by atoms with Gasteiger partial charge in [0.25, 0.3) is 0 Å². The minimum atomic E-state index is -0.424. The minimum Gasteiger partial charge on any atom is -0.493 e. The highest BCUT2D eigenvalue weighted by Crippen LogP contribution is 2.21. The van der Waals surface area contributed by atoms with Crippen LogP contribution in [0.4, 0.5) is 0 Å². The molecular formula is C17H32O3. The third-order valence-corrected chi connectivity index (χ3v) is 2.69. The smallest absolute Gasteiger partial charge is 0.131 e. The average Bonchev–Trinajstić information content (AvgIpc) is 2.29. The van der Waals surface area contributed by atoms with E-state index in [0.29, 0.717) is 13.2 Å². The van der Waals surface area contributed by atoms with Gasteiger partial charge < -0.3 is 14.2 Å². The molecule has 0 amide bonds. The Bertz CT molecular complexity index is 319. The van der Waals surface area contributed by atoms with Gasteiger partial charge in [-0.2, -0.15) is 0 Å². The zero-order valence-corrected chi connectivity index (χ0v) is 14.4. The minimum absolute atomic E-state index is 0.108. The van der Waals surface area contributed by atoms with Crippen molar-refractivity contribution < 1.29 is 14.2 Å². The molecule has 0 aromatic carbocycles. The van der Waals surface area contributed by atoms with E-state index in [1.165, 1.54) is 5.57 Å². The van der Waals surface area contributed by atoms with Gasteiger partial charge in [0.2, 0.25) is 0 Å². The van der Waals surface area contributed by atoms with Crippen LogP contribution in [0.3, 0.4) is 0 Å². The number of hydrogen-bond donors (Lipinski definition) is 0. The zero-order valence-electron chi connectivity index (χ0n) is 14.4. The molecule has 0 aliphatic carbocycles. The summed E-state index contributed by atoms with van der Waals surface area (Å²) in [6, 6.07) is 0. The van der Waals surface area contributed by atoms with Crippen molar-refractivity contribution in [3.05, 3.63) is 23.5 Å². The molecule has 118 valence electrons. The summed E-state index contributed by atoms with van der Waals surface area (Å²) in [5.41, 5.74) is 1.96. The Balaban J connectivity index is 4.60. The molecule has 1 unspecified atom stereocenters. The van der Waals surface area contributed by atoms with Gasteiger partial charge in [-0.05, 0) is 61.0 Å². The lowest BCUT2D eigenvalue weighted by atomic mass is 10.0. The van der Waals surface area contributed by atoms with Crippen molar-refractivity contribution in [3.8, 4) is 0 Å². The maximum Gasteiger partial charge on any atom is 0.131 e. The van der Waals surface area contributed by atoms with Crippen LogP contribution in [0.1, 0.15) is 55.4 Å². The van der Waals surface area contributed by atoms with Gasteiger partial charge in [0.1, 0.15) is 11.7 Å². The second kappa shape index (κ2) is 9.19. The summed E-state index contributed by atoms with van der Waals surface area (Å²) in [5, 5.41) is 0. The standard InChI is InChI=1S/C17H32O3/c1-13(2)9-10-18-12-16(20-15(5)6)17(7,8)19-11-14(3)4/h9,11,15-16H,10,12H2,1-8H3. The summed E-state index contributed by atoms with van der Waals surface area (Å²) in [7, 11) is 0. The molecule has 3 heteroatoms. The normalized spacial score (nSPS) is 13.1. The number of hydrogen-bond acceptors (Lipinski definition) is 3. The average molecular weight is 284 g/mol. The van der Waals surface area contributed by atoms with Gasteiger partial charge in [0, 0.05) is 0 Å². The van der Waals surface area contributed by atoms with Crippen molar-refractivity contribution in [3.63, 3.8) is 0 Å². The molecule has 0 heterocycles. The summed E-state index contributed by atoms with van der Waals surface area (Å²) < 4.78 is 17.5. The van der Waals surface area contributed by atoms with Crippen molar-refractivity contribution in [2.24, 2.45) is 0 Å². The lowest BCUT2D eigenvalue weighted by Crippen LogP contribution is -2.44. The van der Waals surface area contributed by atoms with Gasteiger partial charge in [-0.25, -0.2) is 0 Å². The Morgan fingerprint density at radius 2 is 1.65 bits per heavy atom. The van der Waals surface area contributed by atoms with Crippen molar-refractivity contribution in [2.75, 3.05) is 13.2 Å². The molecule has 3 nitrogen and oxygen atoms in total. The first-order chi connectivity index (χ1) is 9.15. The molecule has 0 aliphatic heterocycles. The highest BCUT2D eigenvalue weighted by atomic mass is 16.6. The van der Waals surface area contributed by atoms with E-state index in [2.05, 4.69) is 19.9 Å². The highest BCUT2D eigenvalue weighted by molar-refractivity contribution is 4.93. The van der Waals surface area contributed by atoms with E-state index in [1.54, 1.807) is 6.26 Å². The molecule has 0 saturated heterocycles. The molecule has 0 radical (unpaired) electrons. The van der Waals surface area contributed by atoms with Crippen LogP contribution in [-0.4, -0.2) is 31.0 Å². The molecule has 0 rings (SSSR count). The van der Waals surface area contributed by atoms with Gasteiger partial charge in [-0.1, -0.05) is 11.6 Å². The largest absolute Gasteiger partial charge is 0.493 e. The van der Waals surface area contributed by atoms with Crippen LogP contribution in [0.15, 0.2) is 23.5 Å². The molecule has 0 bridgehead atoms. The van der Waals surface area contributed by atoms with Crippen LogP contribution in [-0.2, 0) is 14.2 Å². The zero-order chi connectivity index (χ0) is 15.8. The molecule has 1 atom stereocenters. The first-order valence-corrected chi connectivity index (χ1v) is 7.33. The predicted molar refractivity (Wildman–Crippen MR) is 84.9 cm³/mol. The lowest BCUT2D eigenvalue weighted by molar-refractivity contribution is -0.139. The maximum absolute atomic E-state index is 5.95. The van der Waals surface area contributed by atoms with Crippen molar-refractivity contribution >= 4 is 0 Å². The van der Waals surface area contributed by atoms with E-state index in [-0.39, 0.29) is 12.2 Å². The monoisotopic (exact) mass is 284 g/mol. The van der Waals surface area contributed by atoms with Crippen LogP contribution in [0.5, 0.6) is 0 Å². The Kier molecular flexibility index (Phi) is 8.83. The molecule has 0 aromatic rings. The third kappa shape index (κ3) is 9.16. The van der Waals surface area contributed by atoms with E-state index in [9.17, 15) is 0 Å². The first kappa shape index (κ1) is 19.2. The fraction of sp³-hybridized carbons (Fsp3) is 0.765. The summed E-state index contributed by atoms with van der Waals surface area (Å²) >= 11 is 0. The Labute approximate surface area is 125 Å². The fourth-order valence-corrected chi connectivity index (χ4v) is 1.48. The quantitative estimate of drug-likeness (QED) is 0.355. The predicted octanol–water partition coefficient (Wildman–Crippen LogP) is 4.48. The van der Waals surface area contributed by atoms with Crippen LogP contribution in [0.25, 0.3) is 0 Å². The summed E-state index contributed by atoms with van der Waals surface area (Å²) in [6.07, 6.45) is 3.88. The first-order valence-electron chi connectivity index (χ1n) is 7.33. The van der Waals surface area contributed by atoms with Gasteiger partial charge >= 0.3 is 0 Å². The Morgan fingerprint density at radius 1 is 1.05 bits per heavy atom. The Morgan fingerprint density at radius 3 is 2.10 bits per heavy atom. The van der Waals surface area contributed by atoms with Gasteiger partial charge in [-0.3, -0.25) is 0 Å². The van der Waals surface area contributed by atoms with Gasteiger partial charge in [0.15, 0.2) is 0 Å².